The minimum atomic E-state index is -0.244. The summed E-state index contributed by atoms with van der Waals surface area (Å²) >= 11 is 0. The summed E-state index contributed by atoms with van der Waals surface area (Å²) in [6.07, 6.45) is 2.08. The number of nitrogen functional groups attached to an aromatic ring is 1. The van der Waals surface area contributed by atoms with Crippen molar-refractivity contribution in [2.24, 2.45) is 0 Å². The minimum absolute atomic E-state index is 0.0997. The van der Waals surface area contributed by atoms with Crippen molar-refractivity contribution in [1.82, 2.24) is 5.32 Å². The van der Waals surface area contributed by atoms with E-state index in [1.807, 2.05) is 20.0 Å². The molecular formula is C16H26N4O2. The van der Waals surface area contributed by atoms with E-state index in [0.717, 1.165) is 43.7 Å². The van der Waals surface area contributed by atoms with Crippen LogP contribution in [0.4, 0.5) is 17.1 Å². The molecule has 0 aromatic heterocycles. The molecule has 0 spiro atoms. The van der Waals surface area contributed by atoms with Crippen LogP contribution in [0.3, 0.4) is 0 Å². The predicted octanol–water partition coefficient (Wildman–Crippen LogP) is 1.41. The lowest BCUT2D eigenvalue weighted by atomic mass is 10.0. The van der Waals surface area contributed by atoms with Crippen molar-refractivity contribution < 1.29 is 9.90 Å². The highest BCUT2D eigenvalue weighted by Gasteiger charge is 2.23. The number of hydrogen-bond acceptors (Lipinski definition) is 5. The number of aliphatic hydroxyl groups excluding tert-OH is 1. The van der Waals surface area contributed by atoms with Crippen LogP contribution in [0, 0.1) is 0 Å². The van der Waals surface area contributed by atoms with Crippen molar-refractivity contribution in [1.29, 1.82) is 0 Å². The highest BCUT2D eigenvalue weighted by molar-refractivity contribution is 6.02. The van der Waals surface area contributed by atoms with Crippen LogP contribution in [0.25, 0.3) is 0 Å². The Morgan fingerprint density at radius 1 is 1.41 bits per heavy atom. The second-order valence-corrected chi connectivity index (χ2v) is 5.68. The van der Waals surface area contributed by atoms with Crippen LogP contribution in [-0.4, -0.2) is 43.8 Å². The first kappa shape index (κ1) is 16.4. The Morgan fingerprint density at radius 3 is 2.68 bits per heavy atom. The first-order chi connectivity index (χ1) is 10.6. The summed E-state index contributed by atoms with van der Waals surface area (Å²) < 4.78 is 0. The fourth-order valence-electron chi connectivity index (χ4n) is 2.71. The maximum absolute atomic E-state index is 12.4. The van der Waals surface area contributed by atoms with Crippen LogP contribution in [-0.2, 0) is 0 Å². The number of nitrogens with one attached hydrogen (secondary N) is 2. The first-order valence-electron chi connectivity index (χ1n) is 7.89. The molecule has 6 heteroatoms. The third kappa shape index (κ3) is 3.62. The molecule has 122 valence electrons. The summed E-state index contributed by atoms with van der Waals surface area (Å²) in [5, 5.41) is 15.6. The average Bonchev–Trinajstić information content (AvgIpc) is 2.53. The zero-order chi connectivity index (χ0) is 16.1. The number of carbonyl (C=O) groups excluding carboxylic acids is 1. The molecule has 0 radical (unpaired) electrons. The van der Waals surface area contributed by atoms with Gasteiger partial charge in [-0.05, 0) is 31.4 Å². The summed E-state index contributed by atoms with van der Waals surface area (Å²) in [7, 11) is 1.81. The molecule has 5 N–H and O–H groups in total. The van der Waals surface area contributed by atoms with Gasteiger partial charge in [0.05, 0.1) is 28.7 Å². The molecule has 1 amide bonds. The van der Waals surface area contributed by atoms with Gasteiger partial charge in [0, 0.05) is 26.7 Å². The van der Waals surface area contributed by atoms with Crippen LogP contribution in [0.15, 0.2) is 12.1 Å². The van der Waals surface area contributed by atoms with Crippen LogP contribution >= 0.6 is 0 Å². The lowest BCUT2D eigenvalue weighted by molar-refractivity contribution is 0.0954. The number of piperidine rings is 1. The Bertz CT molecular complexity index is 525. The molecule has 1 saturated heterocycles. The molecule has 6 nitrogen and oxygen atoms in total. The SMILES string of the molecule is CCCNC(=O)c1cc(N)c(NC)cc1N1CCC(O)CC1. The van der Waals surface area contributed by atoms with Gasteiger partial charge in [-0.3, -0.25) is 4.79 Å². The van der Waals surface area contributed by atoms with Gasteiger partial charge in [0.2, 0.25) is 0 Å². The fourth-order valence-corrected chi connectivity index (χ4v) is 2.71. The third-order valence-corrected chi connectivity index (χ3v) is 4.02. The number of anilines is 3. The second-order valence-electron chi connectivity index (χ2n) is 5.68. The number of nitrogens with zero attached hydrogens (tertiary/aromatic N) is 1. The molecule has 1 aromatic carbocycles. The molecule has 22 heavy (non-hydrogen) atoms. The van der Waals surface area contributed by atoms with E-state index in [9.17, 15) is 9.90 Å². The van der Waals surface area contributed by atoms with Gasteiger partial charge in [0.15, 0.2) is 0 Å². The maximum Gasteiger partial charge on any atom is 0.253 e. The number of aliphatic hydroxyl groups is 1. The Labute approximate surface area is 131 Å². The summed E-state index contributed by atoms with van der Waals surface area (Å²) in [4.78, 5) is 14.6. The molecule has 2 rings (SSSR count). The summed E-state index contributed by atoms with van der Waals surface area (Å²) in [5.41, 5.74) is 8.86. The van der Waals surface area contributed by atoms with Crippen LogP contribution in [0.5, 0.6) is 0 Å². The molecular weight excluding hydrogens is 280 g/mol. The zero-order valence-corrected chi connectivity index (χ0v) is 13.4. The van der Waals surface area contributed by atoms with Crippen LogP contribution < -0.4 is 21.3 Å². The van der Waals surface area contributed by atoms with Crippen molar-refractivity contribution in [3.63, 3.8) is 0 Å². The summed E-state index contributed by atoms with van der Waals surface area (Å²) in [5.74, 6) is -0.0997. The number of benzene rings is 1. The molecule has 0 bridgehead atoms. The van der Waals surface area contributed by atoms with Crippen molar-refractivity contribution in [2.75, 3.05) is 42.6 Å². The van der Waals surface area contributed by atoms with Gasteiger partial charge < -0.3 is 26.4 Å². The smallest absolute Gasteiger partial charge is 0.253 e. The van der Waals surface area contributed by atoms with E-state index < -0.39 is 0 Å². The van der Waals surface area contributed by atoms with Crippen molar-refractivity contribution in [2.45, 2.75) is 32.3 Å². The largest absolute Gasteiger partial charge is 0.397 e. The summed E-state index contributed by atoms with van der Waals surface area (Å²) in [6, 6.07) is 3.66. The number of rotatable bonds is 5. The quantitative estimate of drug-likeness (QED) is 0.618. The van der Waals surface area contributed by atoms with E-state index in [4.69, 9.17) is 5.73 Å². The second kappa shape index (κ2) is 7.35. The van der Waals surface area contributed by atoms with E-state index in [0.29, 0.717) is 17.8 Å². The Hall–Kier alpha value is -1.95. The van der Waals surface area contributed by atoms with Crippen LogP contribution in [0.2, 0.25) is 0 Å². The molecule has 0 atom stereocenters. The topological polar surface area (TPSA) is 90.6 Å². The van der Waals surface area contributed by atoms with Gasteiger partial charge in [-0.2, -0.15) is 0 Å². The summed E-state index contributed by atoms with van der Waals surface area (Å²) in [6.45, 7) is 4.14. The van der Waals surface area contributed by atoms with Crippen molar-refractivity contribution >= 4 is 23.0 Å². The maximum atomic E-state index is 12.4. The molecule has 0 unspecified atom stereocenters. The normalized spacial score (nSPS) is 15.7. The monoisotopic (exact) mass is 306 g/mol. The number of nitrogens with two attached hydrogens (primary N) is 1. The van der Waals surface area contributed by atoms with Gasteiger partial charge in [-0.25, -0.2) is 0 Å². The number of amides is 1. The Morgan fingerprint density at radius 2 is 2.09 bits per heavy atom. The average molecular weight is 306 g/mol. The minimum Gasteiger partial charge on any atom is -0.397 e. The van der Waals surface area contributed by atoms with Gasteiger partial charge in [0.25, 0.3) is 5.91 Å². The molecule has 1 heterocycles. The zero-order valence-electron chi connectivity index (χ0n) is 13.4. The van der Waals surface area contributed by atoms with E-state index in [1.165, 1.54) is 0 Å². The highest BCUT2D eigenvalue weighted by Crippen LogP contribution is 2.31. The van der Waals surface area contributed by atoms with E-state index in [2.05, 4.69) is 15.5 Å². The lowest BCUT2D eigenvalue weighted by Crippen LogP contribution is -2.37. The Kier molecular flexibility index (Phi) is 5.49. The standard InChI is InChI=1S/C16H26N4O2/c1-3-6-19-16(22)12-9-13(17)14(18-2)10-15(12)20-7-4-11(21)5-8-20/h9-11,18,21H,3-8,17H2,1-2H3,(H,19,22). The van der Waals surface area contributed by atoms with Crippen LogP contribution in [0.1, 0.15) is 36.5 Å². The molecule has 1 aromatic rings. The molecule has 0 saturated carbocycles. The lowest BCUT2D eigenvalue weighted by Gasteiger charge is -2.33. The van der Waals surface area contributed by atoms with Gasteiger partial charge in [-0.15, -0.1) is 0 Å². The van der Waals surface area contributed by atoms with Gasteiger partial charge in [0.1, 0.15) is 0 Å². The van der Waals surface area contributed by atoms with E-state index in [-0.39, 0.29) is 12.0 Å². The first-order valence-corrected chi connectivity index (χ1v) is 7.89. The molecule has 1 fully saturated rings. The van der Waals surface area contributed by atoms with Gasteiger partial charge >= 0.3 is 0 Å². The van der Waals surface area contributed by atoms with Gasteiger partial charge in [-0.1, -0.05) is 6.92 Å². The predicted molar refractivity (Wildman–Crippen MR) is 90.5 cm³/mol. The molecule has 0 aliphatic carbocycles. The van der Waals surface area contributed by atoms with E-state index in [1.54, 1.807) is 6.07 Å². The molecule has 1 aliphatic heterocycles. The third-order valence-electron chi connectivity index (χ3n) is 4.02. The number of hydrogen-bond donors (Lipinski definition) is 4. The number of carbonyl (C=O) groups is 1. The highest BCUT2D eigenvalue weighted by atomic mass is 16.3. The van der Waals surface area contributed by atoms with Crippen molar-refractivity contribution in [3.8, 4) is 0 Å². The molecule has 1 aliphatic rings. The Balaban J connectivity index is 2.33. The fraction of sp³-hybridized carbons (Fsp3) is 0.562. The van der Waals surface area contributed by atoms with Crippen molar-refractivity contribution in [3.05, 3.63) is 17.7 Å². The van der Waals surface area contributed by atoms with E-state index >= 15 is 0 Å².